The van der Waals surface area contributed by atoms with Gasteiger partial charge in [0, 0.05) is 12.8 Å². The molecule has 0 atom stereocenters. The largest absolute Gasteiger partial charge is 0.347 e. The predicted octanol–water partition coefficient (Wildman–Crippen LogP) is 4.67. The molecule has 1 aliphatic carbocycles. The fourth-order valence-electron chi connectivity index (χ4n) is 2.61. The third-order valence-corrected chi connectivity index (χ3v) is 4.47. The highest BCUT2D eigenvalue weighted by molar-refractivity contribution is 7.38. The van der Waals surface area contributed by atoms with Gasteiger partial charge in [-0.25, -0.2) is 0 Å². The molecule has 1 fully saturated rings. The first kappa shape index (κ1) is 16.4. The van der Waals surface area contributed by atoms with Crippen LogP contribution in [-0.2, 0) is 9.47 Å². The van der Waals surface area contributed by atoms with Crippen LogP contribution < -0.4 is 0 Å². The van der Waals surface area contributed by atoms with E-state index in [4.69, 9.17) is 9.47 Å². The van der Waals surface area contributed by atoms with E-state index in [1.807, 2.05) is 13.0 Å². The van der Waals surface area contributed by atoms with Crippen LogP contribution in [0.1, 0.15) is 33.1 Å². The maximum absolute atomic E-state index is 5.78. The van der Waals surface area contributed by atoms with Gasteiger partial charge in [0.25, 0.3) is 0 Å². The second kappa shape index (κ2) is 8.48. The van der Waals surface area contributed by atoms with E-state index in [0.29, 0.717) is 0 Å². The lowest BCUT2D eigenvalue weighted by atomic mass is 9.89. The van der Waals surface area contributed by atoms with Crippen LogP contribution in [0.2, 0.25) is 0 Å². The Bertz CT molecular complexity index is 477. The zero-order valence-electron chi connectivity index (χ0n) is 13.0. The molecule has 0 radical (unpaired) electrons. The van der Waals surface area contributed by atoms with Crippen molar-refractivity contribution in [3.8, 4) is 0 Å². The summed E-state index contributed by atoms with van der Waals surface area (Å²) in [5.41, 5.74) is 2.71. The van der Waals surface area contributed by atoms with Crippen LogP contribution in [0.5, 0.6) is 0 Å². The highest BCUT2D eigenvalue weighted by Gasteiger charge is 2.37. The van der Waals surface area contributed by atoms with Crippen LogP contribution in [0.25, 0.3) is 0 Å². The van der Waals surface area contributed by atoms with E-state index in [2.05, 4.69) is 43.1 Å². The van der Waals surface area contributed by atoms with E-state index >= 15 is 0 Å². The van der Waals surface area contributed by atoms with Crippen molar-refractivity contribution in [1.29, 1.82) is 0 Å². The normalized spacial score (nSPS) is 23.0. The van der Waals surface area contributed by atoms with Gasteiger partial charge >= 0.3 is 0 Å². The quantitative estimate of drug-likeness (QED) is 0.543. The van der Waals surface area contributed by atoms with Gasteiger partial charge in [-0.1, -0.05) is 43.4 Å². The molecular formula is C18H25O2P. The Kier molecular flexibility index (Phi) is 6.63. The molecule has 0 aromatic heterocycles. The van der Waals surface area contributed by atoms with E-state index in [-0.39, 0.29) is 5.79 Å². The molecule has 2 rings (SSSR count). The topological polar surface area (TPSA) is 18.5 Å². The van der Waals surface area contributed by atoms with Gasteiger partial charge in [0.1, 0.15) is 0 Å². The van der Waals surface area contributed by atoms with E-state index in [0.717, 1.165) is 38.6 Å². The summed E-state index contributed by atoms with van der Waals surface area (Å²) in [6, 6.07) is 0. The summed E-state index contributed by atoms with van der Waals surface area (Å²) in [6.07, 6.45) is 16.9. The van der Waals surface area contributed by atoms with Crippen LogP contribution in [0.15, 0.2) is 47.6 Å². The summed E-state index contributed by atoms with van der Waals surface area (Å²) < 4.78 is 11.6. The van der Waals surface area contributed by atoms with Crippen molar-refractivity contribution >= 4 is 14.0 Å². The van der Waals surface area contributed by atoms with Crippen molar-refractivity contribution in [3.63, 3.8) is 0 Å². The highest BCUT2D eigenvalue weighted by atomic mass is 31.1. The van der Waals surface area contributed by atoms with Crippen molar-refractivity contribution in [2.24, 2.45) is 0 Å². The first-order valence-corrected chi connectivity index (χ1v) is 8.91. The number of hydrogen-bond acceptors (Lipinski definition) is 2. The van der Waals surface area contributed by atoms with Gasteiger partial charge in [0.15, 0.2) is 5.79 Å². The minimum absolute atomic E-state index is 0.326. The van der Waals surface area contributed by atoms with Gasteiger partial charge < -0.3 is 9.47 Å². The van der Waals surface area contributed by atoms with E-state index in [9.17, 15) is 0 Å². The Balaban J connectivity index is 2.11. The molecule has 1 spiro atoms. The van der Waals surface area contributed by atoms with Gasteiger partial charge in [-0.3, -0.25) is 0 Å². The summed E-state index contributed by atoms with van der Waals surface area (Å²) in [5.74, 6) is 1.91. The van der Waals surface area contributed by atoms with Crippen molar-refractivity contribution in [3.05, 3.63) is 47.6 Å². The molecular weight excluding hydrogens is 279 g/mol. The monoisotopic (exact) mass is 304 g/mol. The summed E-state index contributed by atoms with van der Waals surface area (Å²) in [5, 5.41) is 0. The van der Waals surface area contributed by atoms with Crippen molar-refractivity contribution < 1.29 is 9.47 Å². The summed E-state index contributed by atoms with van der Waals surface area (Å²) in [4.78, 5) is 0. The first-order chi connectivity index (χ1) is 10.3. The number of hydrogen-bond donors (Lipinski definition) is 0. The summed E-state index contributed by atoms with van der Waals surface area (Å²) >= 11 is 0. The minimum atomic E-state index is -0.326. The Morgan fingerprint density at radius 2 is 2.14 bits per heavy atom. The molecule has 0 saturated carbocycles. The molecule has 1 heterocycles. The second-order valence-electron chi connectivity index (χ2n) is 5.20. The maximum atomic E-state index is 5.78. The Labute approximate surface area is 130 Å². The summed E-state index contributed by atoms with van der Waals surface area (Å²) in [7, 11) is 1.36. The third kappa shape index (κ3) is 4.78. The lowest BCUT2D eigenvalue weighted by molar-refractivity contribution is -0.161. The van der Waals surface area contributed by atoms with E-state index < -0.39 is 0 Å². The fourth-order valence-corrected chi connectivity index (χ4v) is 3.08. The Morgan fingerprint density at radius 1 is 1.33 bits per heavy atom. The van der Waals surface area contributed by atoms with Crippen LogP contribution in [0.4, 0.5) is 0 Å². The SMILES string of the molecule is C\C=C/C=C\C(=C/C=PCC)C1=CCC2(CC1)OCCO2. The first-order valence-electron chi connectivity index (χ1n) is 7.76. The van der Waals surface area contributed by atoms with E-state index in [1.54, 1.807) is 0 Å². The molecule has 3 heteroatoms. The van der Waals surface area contributed by atoms with Gasteiger partial charge in [-0.15, -0.1) is 8.20 Å². The fraction of sp³-hybridized carbons (Fsp3) is 0.500. The molecule has 2 aliphatic rings. The van der Waals surface area contributed by atoms with Crippen LogP contribution in [0.3, 0.4) is 0 Å². The number of rotatable bonds is 5. The molecule has 1 saturated heterocycles. The molecule has 0 unspecified atom stereocenters. The van der Waals surface area contributed by atoms with Crippen LogP contribution in [-0.4, -0.2) is 31.0 Å². The van der Waals surface area contributed by atoms with Crippen LogP contribution in [0, 0.1) is 0 Å². The zero-order chi connectivity index (χ0) is 15.0. The lowest BCUT2D eigenvalue weighted by Gasteiger charge is -2.30. The molecule has 0 amide bonds. The average Bonchev–Trinajstić information content (AvgIpc) is 2.95. The van der Waals surface area contributed by atoms with Gasteiger partial charge in [0.05, 0.1) is 13.2 Å². The number of ether oxygens (including phenoxy) is 2. The molecule has 0 aromatic carbocycles. The van der Waals surface area contributed by atoms with Crippen molar-refractivity contribution in [2.45, 2.75) is 38.9 Å². The molecule has 0 aromatic rings. The third-order valence-electron chi connectivity index (χ3n) is 3.74. The molecule has 0 bridgehead atoms. The predicted molar refractivity (Wildman–Crippen MR) is 92.1 cm³/mol. The number of allylic oxidation sites excluding steroid dienone is 7. The molecule has 2 nitrogen and oxygen atoms in total. The average molecular weight is 304 g/mol. The molecule has 114 valence electrons. The smallest absolute Gasteiger partial charge is 0.172 e. The summed E-state index contributed by atoms with van der Waals surface area (Å²) in [6.45, 7) is 5.69. The van der Waals surface area contributed by atoms with Gasteiger partial charge in [0.2, 0.25) is 0 Å². The van der Waals surface area contributed by atoms with Crippen molar-refractivity contribution in [2.75, 3.05) is 19.4 Å². The Morgan fingerprint density at radius 3 is 2.76 bits per heavy atom. The highest BCUT2D eigenvalue weighted by Crippen LogP contribution is 2.37. The minimum Gasteiger partial charge on any atom is -0.347 e. The second-order valence-corrected chi connectivity index (χ2v) is 6.49. The standard InChI is InChI=1S/C18H25O2P/c1-3-5-6-7-16(10-15-21-4-2)17-8-11-18(12-9-17)19-13-14-20-18/h3,5-8,10,15H,4,9,11-14H2,1-2H3/b5-3-,7-6-,16-10+. The maximum Gasteiger partial charge on any atom is 0.172 e. The van der Waals surface area contributed by atoms with Crippen LogP contribution >= 0.6 is 8.20 Å². The zero-order valence-corrected chi connectivity index (χ0v) is 13.9. The lowest BCUT2D eigenvalue weighted by Crippen LogP contribution is -2.31. The molecule has 0 N–H and O–H groups in total. The molecule has 21 heavy (non-hydrogen) atoms. The Hall–Kier alpha value is -0.950. The van der Waals surface area contributed by atoms with E-state index in [1.165, 1.54) is 19.4 Å². The van der Waals surface area contributed by atoms with Crippen molar-refractivity contribution in [1.82, 2.24) is 0 Å². The van der Waals surface area contributed by atoms with Gasteiger partial charge in [-0.2, -0.15) is 0 Å². The molecule has 1 aliphatic heterocycles. The van der Waals surface area contributed by atoms with Gasteiger partial charge in [-0.05, 0) is 36.4 Å².